The third kappa shape index (κ3) is 3.39. The number of benzene rings is 1. The Labute approximate surface area is 127 Å². The zero-order valence-corrected chi connectivity index (χ0v) is 12.4. The van der Waals surface area contributed by atoms with Crippen LogP contribution < -0.4 is 11.3 Å². The molecule has 0 saturated heterocycles. The molecule has 2 aromatic heterocycles. The smallest absolute Gasteiger partial charge is 0.146 e. The highest BCUT2D eigenvalue weighted by Crippen LogP contribution is 2.20. The summed E-state index contributed by atoms with van der Waals surface area (Å²) in [6.07, 6.45) is 0.935. The van der Waals surface area contributed by atoms with Crippen molar-refractivity contribution >= 4 is 28.1 Å². The molecule has 3 rings (SSSR count). The maximum absolute atomic E-state index is 5.76. The highest BCUT2D eigenvalue weighted by atomic mass is 32.1. The van der Waals surface area contributed by atoms with E-state index in [0.717, 1.165) is 22.9 Å². The molecule has 21 heavy (non-hydrogen) atoms. The summed E-state index contributed by atoms with van der Waals surface area (Å²) < 4.78 is 5.76. The lowest BCUT2D eigenvalue weighted by molar-refractivity contribution is 0.124. The molecule has 0 radical (unpaired) electrons. The molecule has 0 aliphatic rings. The van der Waals surface area contributed by atoms with Gasteiger partial charge >= 0.3 is 0 Å². The molecule has 0 unspecified atom stereocenters. The zero-order chi connectivity index (χ0) is 14.5. The second kappa shape index (κ2) is 6.67. The number of nitrogens with two attached hydrogens (primary N) is 1. The van der Waals surface area contributed by atoms with Crippen LogP contribution in [0.1, 0.15) is 10.4 Å². The van der Waals surface area contributed by atoms with Crippen LogP contribution in [-0.4, -0.2) is 11.6 Å². The van der Waals surface area contributed by atoms with Gasteiger partial charge in [-0.05, 0) is 23.6 Å². The van der Waals surface area contributed by atoms with Gasteiger partial charge in [0.1, 0.15) is 5.82 Å². The van der Waals surface area contributed by atoms with Gasteiger partial charge in [0.05, 0.1) is 18.7 Å². The molecule has 4 nitrogen and oxygen atoms in total. The van der Waals surface area contributed by atoms with Crippen molar-refractivity contribution in [1.82, 2.24) is 4.98 Å². The van der Waals surface area contributed by atoms with Gasteiger partial charge in [-0.15, -0.1) is 11.3 Å². The van der Waals surface area contributed by atoms with Gasteiger partial charge in [-0.2, -0.15) is 0 Å². The SMILES string of the molecule is NNc1nc2ccccc2cc1COCCc1cccs1. The first kappa shape index (κ1) is 14.0. The van der Waals surface area contributed by atoms with Gasteiger partial charge in [0.25, 0.3) is 0 Å². The van der Waals surface area contributed by atoms with Crippen molar-refractivity contribution < 1.29 is 4.74 Å². The Balaban J connectivity index is 1.67. The summed E-state index contributed by atoms with van der Waals surface area (Å²) in [5.74, 6) is 6.23. The van der Waals surface area contributed by atoms with Gasteiger partial charge in [0.15, 0.2) is 0 Å². The summed E-state index contributed by atoms with van der Waals surface area (Å²) in [6.45, 7) is 1.19. The van der Waals surface area contributed by atoms with E-state index in [1.54, 1.807) is 11.3 Å². The lowest BCUT2D eigenvalue weighted by Crippen LogP contribution is -2.12. The van der Waals surface area contributed by atoms with E-state index in [9.17, 15) is 0 Å². The van der Waals surface area contributed by atoms with Gasteiger partial charge in [-0.1, -0.05) is 24.3 Å². The molecule has 0 spiro atoms. The van der Waals surface area contributed by atoms with E-state index in [-0.39, 0.29) is 0 Å². The molecule has 2 heterocycles. The molecule has 3 N–H and O–H groups in total. The predicted octanol–water partition coefficient (Wildman–Crippen LogP) is 3.34. The number of aromatic nitrogens is 1. The quantitative estimate of drug-likeness (QED) is 0.416. The lowest BCUT2D eigenvalue weighted by atomic mass is 10.1. The summed E-state index contributed by atoms with van der Waals surface area (Å²) in [4.78, 5) is 5.85. The van der Waals surface area contributed by atoms with Crippen LogP contribution in [0, 0.1) is 0 Å². The van der Waals surface area contributed by atoms with Crippen LogP contribution in [0.5, 0.6) is 0 Å². The minimum Gasteiger partial charge on any atom is -0.376 e. The Hall–Kier alpha value is -1.95. The molecule has 0 fully saturated rings. The van der Waals surface area contributed by atoms with Crippen molar-refractivity contribution in [2.24, 2.45) is 5.84 Å². The average Bonchev–Trinajstić information content (AvgIpc) is 3.04. The number of pyridine rings is 1. The highest BCUT2D eigenvalue weighted by molar-refractivity contribution is 7.09. The molecule has 0 bridgehead atoms. The van der Waals surface area contributed by atoms with Gasteiger partial charge < -0.3 is 10.2 Å². The van der Waals surface area contributed by atoms with E-state index in [4.69, 9.17) is 10.6 Å². The monoisotopic (exact) mass is 299 g/mol. The van der Waals surface area contributed by atoms with E-state index in [0.29, 0.717) is 19.0 Å². The molecule has 0 amide bonds. The highest BCUT2D eigenvalue weighted by Gasteiger charge is 2.06. The summed E-state index contributed by atoms with van der Waals surface area (Å²) in [5.41, 5.74) is 4.55. The molecule has 0 aliphatic carbocycles. The van der Waals surface area contributed by atoms with E-state index in [1.165, 1.54) is 4.88 Å². The first-order valence-corrected chi connectivity index (χ1v) is 7.70. The second-order valence-electron chi connectivity index (χ2n) is 4.72. The molecule has 108 valence electrons. The minimum atomic E-state index is 0.503. The third-order valence-corrected chi connectivity index (χ3v) is 4.21. The van der Waals surface area contributed by atoms with E-state index >= 15 is 0 Å². The number of fused-ring (bicyclic) bond motifs is 1. The Morgan fingerprint density at radius 1 is 1.19 bits per heavy atom. The van der Waals surface area contributed by atoms with Crippen LogP contribution in [0.3, 0.4) is 0 Å². The molecule has 5 heteroatoms. The predicted molar refractivity (Wildman–Crippen MR) is 87.2 cm³/mol. The average molecular weight is 299 g/mol. The number of hydrazine groups is 1. The standard InChI is InChI=1S/C16H17N3OS/c17-19-16-13(10-12-4-1-2-6-15(12)18-16)11-20-8-7-14-5-3-9-21-14/h1-6,9-10H,7-8,11,17H2,(H,18,19). The number of thiophene rings is 1. The number of anilines is 1. The third-order valence-electron chi connectivity index (χ3n) is 3.27. The number of nitrogen functional groups attached to an aromatic ring is 1. The van der Waals surface area contributed by atoms with Gasteiger partial charge in [0.2, 0.25) is 0 Å². The fourth-order valence-corrected chi connectivity index (χ4v) is 2.89. The normalized spacial score (nSPS) is 10.9. The van der Waals surface area contributed by atoms with Gasteiger partial charge in [0, 0.05) is 22.2 Å². The van der Waals surface area contributed by atoms with Crippen LogP contribution in [0.2, 0.25) is 0 Å². The largest absolute Gasteiger partial charge is 0.376 e. The number of ether oxygens (including phenoxy) is 1. The van der Waals surface area contributed by atoms with Crippen LogP contribution in [-0.2, 0) is 17.8 Å². The number of nitrogens with one attached hydrogen (secondary N) is 1. The number of hydrogen-bond donors (Lipinski definition) is 2. The maximum Gasteiger partial charge on any atom is 0.146 e. The topological polar surface area (TPSA) is 60.2 Å². The summed E-state index contributed by atoms with van der Waals surface area (Å²) in [5, 5.41) is 3.17. The van der Waals surface area contributed by atoms with Gasteiger partial charge in [-0.25, -0.2) is 10.8 Å². The van der Waals surface area contributed by atoms with Crippen molar-refractivity contribution in [3.8, 4) is 0 Å². The second-order valence-corrected chi connectivity index (χ2v) is 5.75. The van der Waals surface area contributed by atoms with E-state index in [2.05, 4.69) is 34.0 Å². The summed E-state index contributed by atoms with van der Waals surface area (Å²) in [6, 6.07) is 14.2. The van der Waals surface area contributed by atoms with Crippen molar-refractivity contribution in [3.63, 3.8) is 0 Å². The van der Waals surface area contributed by atoms with Crippen molar-refractivity contribution in [3.05, 3.63) is 58.3 Å². The number of para-hydroxylation sites is 1. The fourth-order valence-electron chi connectivity index (χ4n) is 2.20. The van der Waals surface area contributed by atoms with Crippen LogP contribution in [0.4, 0.5) is 5.82 Å². The van der Waals surface area contributed by atoms with Crippen molar-refractivity contribution in [1.29, 1.82) is 0 Å². The minimum absolute atomic E-state index is 0.503. The first-order chi connectivity index (χ1) is 10.4. The summed E-state index contributed by atoms with van der Waals surface area (Å²) >= 11 is 1.75. The summed E-state index contributed by atoms with van der Waals surface area (Å²) in [7, 11) is 0. The molecule has 1 aromatic carbocycles. The van der Waals surface area contributed by atoms with Crippen LogP contribution >= 0.6 is 11.3 Å². The molecule has 0 saturated carbocycles. The Kier molecular flexibility index (Phi) is 4.45. The number of rotatable bonds is 6. The molecule has 3 aromatic rings. The Morgan fingerprint density at radius 2 is 2.10 bits per heavy atom. The zero-order valence-electron chi connectivity index (χ0n) is 11.6. The van der Waals surface area contributed by atoms with Crippen molar-refractivity contribution in [2.75, 3.05) is 12.0 Å². The lowest BCUT2D eigenvalue weighted by Gasteiger charge is -2.10. The van der Waals surface area contributed by atoms with E-state index in [1.807, 2.05) is 24.3 Å². The van der Waals surface area contributed by atoms with E-state index < -0.39 is 0 Å². The van der Waals surface area contributed by atoms with Crippen LogP contribution in [0.15, 0.2) is 47.8 Å². The molecule has 0 aliphatic heterocycles. The first-order valence-electron chi connectivity index (χ1n) is 6.82. The maximum atomic E-state index is 5.76. The Morgan fingerprint density at radius 3 is 2.90 bits per heavy atom. The molecular weight excluding hydrogens is 282 g/mol. The van der Waals surface area contributed by atoms with Gasteiger partial charge in [-0.3, -0.25) is 0 Å². The Bertz CT molecular complexity index is 713. The molecular formula is C16H17N3OS. The number of nitrogens with zero attached hydrogens (tertiary/aromatic N) is 1. The molecule has 0 atom stereocenters. The van der Waals surface area contributed by atoms with Crippen LogP contribution in [0.25, 0.3) is 10.9 Å². The number of hydrogen-bond acceptors (Lipinski definition) is 5. The fraction of sp³-hybridized carbons (Fsp3) is 0.188. The van der Waals surface area contributed by atoms with Crippen molar-refractivity contribution in [2.45, 2.75) is 13.0 Å².